The Kier molecular flexibility index (Phi) is 5.32. The van der Waals surface area contributed by atoms with Crippen LogP contribution in [0.5, 0.6) is 5.88 Å². The molecule has 1 amide bonds. The number of thiophene rings is 1. The lowest BCUT2D eigenvalue weighted by Crippen LogP contribution is -2.22. The van der Waals surface area contributed by atoms with Crippen molar-refractivity contribution in [2.75, 3.05) is 13.7 Å². The predicted octanol–water partition coefficient (Wildman–Crippen LogP) is 1.43. The Morgan fingerprint density at radius 2 is 2.38 bits per heavy atom. The molecule has 6 heteroatoms. The number of aromatic nitrogens is 1. The molecule has 0 aliphatic rings. The lowest BCUT2D eigenvalue weighted by Gasteiger charge is -2.05. The number of nitrogens with zero attached hydrogens (tertiary/aromatic N) is 1. The molecule has 0 aromatic carbocycles. The number of aliphatic hydroxyl groups excluding tert-OH is 1. The van der Waals surface area contributed by atoms with Gasteiger partial charge in [0.25, 0.3) is 5.91 Å². The second-order valence-electron chi connectivity index (χ2n) is 4.05. The summed E-state index contributed by atoms with van der Waals surface area (Å²) in [7, 11) is 1.55. The molecule has 21 heavy (non-hydrogen) atoms. The van der Waals surface area contributed by atoms with Crippen molar-refractivity contribution >= 4 is 17.2 Å². The highest BCUT2D eigenvalue weighted by Gasteiger charge is 2.08. The molecule has 0 bridgehead atoms. The quantitative estimate of drug-likeness (QED) is 0.838. The third-order valence-electron chi connectivity index (χ3n) is 2.61. The minimum absolute atomic E-state index is 0.168. The molecule has 108 valence electrons. The van der Waals surface area contributed by atoms with Crippen LogP contribution >= 0.6 is 11.3 Å². The summed E-state index contributed by atoms with van der Waals surface area (Å²) in [4.78, 5) is 16.8. The Morgan fingerprint density at radius 1 is 1.52 bits per heavy atom. The molecule has 0 aliphatic carbocycles. The van der Waals surface area contributed by atoms with E-state index in [-0.39, 0.29) is 12.5 Å². The average molecular weight is 302 g/mol. The third-order valence-corrected chi connectivity index (χ3v) is 3.46. The first-order valence-corrected chi connectivity index (χ1v) is 7.06. The molecule has 2 rings (SSSR count). The van der Waals surface area contributed by atoms with E-state index in [1.807, 2.05) is 6.07 Å². The maximum Gasteiger partial charge on any atom is 0.252 e. The summed E-state index contributed by atoms with van der Waals surface area (Å²) < 4.78 is 5.03. The van der Waals surface area contributed by atoms with Gasteiger partial charge in [0, 0.05) is 24.2 Å². The van der Waals surface area contributed by atoms with E-state index in [9.17, 15) is 4.79 Å². The van der Waals surface area contributed by atoms with E-state index in [0.29, 0.717) is 18.0 Å². The van der Waals surface area contributed by atoms with Crippen molar-refractivity contribution in [2.45, 2.75) is 6.54 Å². The summed E-state index contributed by atoms with van der Waals surface area (Å²) in [5.74, 6) is 5.67. The van der Waals surface area contributed by atoms with Crippen molar-refractivity contribution in [1.29, 1.82) is 0 Å². The molecule has 0 fully saturated rings. The Morgan fingerprint density at radius 3 is 3.14 bits per heavy atom. The van der Waals surface area contributed by atoms with E-state index in [0.717, 1.165) is 10.4 Å². The van der Waals surface area contributed by atoms with Crippen molar-refractivity contribution in [3.05, 3.63) is 45.8 Å². The van der Waals surface area contributed by atoms with Gasteiger partial charge in [0.15, 0.2) is 0 Å². The molecule has 2 aromatic heterocycles. The average Bonchev–Trinajstić information content (AvgIpc) is 2.99. The number of nitrogens with one attached hydrogen (secondary N) is 1. The number of ether oxygens (including phenoxy) is 1. The van der Waals surface area contributed by atoms with Crippen LogP contribution in [0.15, 0.2) is 29.8 Å². The molecule has 0 aliphatic heterocycles. The molecular weight excluding hydrogens is 288 g/mol. The number of hydrogen-bond acceptors (Lipinski definition) is 5. The van der Waals surface area contributed by atoms with E-state index in [4.69, 9.17) is 9.84 Å². The van der Waals surface area contributed by atoms with E-state index < -0.39 is 0 Å². The zero-order chi connectivity index (χ0) is 15.1. The van der Waals surface area contributed by atoms with Crippen LogP contribution in [0.25, 0.3) is 0 Å². The summed E-state index contributed by atoms with van der Waals surface area (Å²) >= 11 is 1.37. The highest BCUT2D eigenvalue weighted by molar-refractivity contribution is 7.10. The fourth-order valence-corrected chi connectivity index (χ4v) is 2.36. The van der Waals surface area contributed by atoms with Crippen molar-refractivity contribution in [3.63, 3.8) is 0 Å². The lowest BCUT2D eigenvalue weighted by molar-refractivity contribution is 0.0951. The van der Waals surface area contributed by atoms with Crippen LogP contribution in [0.3, 0.4) is 0 Å². The number of rotatable bonds is 4. The molecule has 2 aromatic rings. The summed E-state index contributed by atoms with van der Waals surface area (Å²) in [6, 6.07) is 5.29. The maximum absolute atomic E-state index is 12.0. The minimum Gasteiger partial charge on any atom is -0.481 e. The minimum atomic E-state index is -0.191. The molecule has 2 N–H and O–H groups in total. The van der Waals surface area contributed by atoms with Gasteiger partial charge in [-0.3, -0.25) is 4.79 Å². The molecule has 0 spiro atoms. The number of amides is 1. The topological polar surface area (TPSA) is 71.5 Å². The van der Waals surface area contributed by atoms with E-state index in [2.05, 4.69) is 22.1 Å². The van der Waals surface area contributed by atoms with Crippen LogP contribution in [0, 0.1) is 11.8 Å². The molecule has 0 atom stereocenters. The fourth-order valence-electron chi connectivity index (χ4n) is 1.60. The number of pyridine rings is 1. The van der Waals surface area contributed by atoms with Gasteiger partial charge in [0.1, 0.15) is 6.61 Å². The summed E-state index contributed by atoms with van der Waals surface area (Å²) in [5.41, 5.74) is 1.47. The van der Waals surface area contributed by atoms with Crippen LogP contribution in [-0.2, 0) is 6.54 Å². The summed E-state index contributed by atoms with van der Waals surface area (Å²) in [5, 5.41) is 13.2. The Labute approximate surface area is 126 Å². The van der Waals surface area contributed by atoms with Gasteiger partial charge in [0.2, 0.25) is 5.88 Å². The normalized spacial score (nSPS) is 9.62. The highest BCUT2D eigenvalue weighted by Crippen LogP contribution is 2.14. The highest BCUT2D eigenvalue weighted by atomic mass is 32.1. The van der Waals surface area contributed by atoms with Crippen LogP contribution in [0.1, 0.15) is 20.8 Å². The van der Waals surface area contributed by atoms with Crippen molar-refractivity contribution in [2.24, 2.45) is 0 Å². The van der Waals surface area contributed by atoms with Gasteiger partial charge in [-0.25, -0.2) is 4.98 Å². The largest absolute Gasteiger partial charge is 0.481 e. The first kappa shape index (κ1) is 15.0. The second-order valence-corrected chi connectivity index (χ2v) is 4.96. The van der Waals surface area contributed by atoms with E-state index >= 15 is 0 Å². The molecule has 0 saturated heterocycles. The van der Waals surface area contributed by atoms with Gasteiger partial charge in [-0.1, -0.05) is 11.8 Å². The van der Waals surface area contributed by atoms with Gasteiger partial charge >= 0.3 is 0 Å². The molecule has 5 nitrogen and oxygen atoms in total. The summed E-state index contributed by atoms with van der Waals surface area (Å²) in [6.45, 7) is 0.203. The molecule has 0 saturated carbocycles. The van der Waals surface area contributed by atoms with Crippen molar-refractivity contribution in [3.8, 4) is 17.7 Å². The molecular formula is C15H14N2O3S. The third kappa shape index (κ3) is 4.31. The van der Waals surface area contributed by atoms with Gasteiger partial charge in [-0.05, 0) is 17.7 Å². The lowest BCUT2D eigenvalue weighted by atomic mass is 10.2. The van der Waals surface area contributed by atoms with Crippen molar-refractivity contribution in [1.82, 2.24) is 10.3 Å². The SMILES string of the molecule is COc1cc(CNC(=O)c2csc(C#CCO)c2)ccn1. The zero-order valence-electron chi connectivity index (χ0n) is 11.4. The molecule has 0 radical (unpaired) electrons. The van der Waals surface area contributed by atoms with E-state index in [1.54, 1.807) is 30.8 Å². The van der Waals surface area contributed by atoms with Gasteiger partial charge < -0.3 is 15.2 Å². The van der Waals surface area contributed by atoms with Crippen LogP contribution in [0.2, 0.25) is 0 Å². The second kappa shape index (κ2) is 7.43. The fraction of sp³-hybridized carbons (Fsp3) is 0.200. The Hall–Kier alpha value is -2.36. The smallest absolute Gasteiger partial charge is 0.252 e. The number of methoxy groups -OCH3 is 1. The zero-order valence-corrected chi connectivity index (χ0v) is 12.2. The number of hydrogen-bond donors (Lipinski definition) is 2. The predicted molar refractivity (Wildman–Crippen MR) is 80.2 cm³/mol. The van der Waals surface area contributed by atoms with Gasteiger partial charge in [-0.15, -0.1) is 11.3 Å². The molecule has 2 heterocycles. The van der Waals surface area contributed by atoms with Gasteiger partial charge in [0.05, 0.1) is 17.6 Å². The van der Waals surface area contributed by atoms with Crippen LogP contribution in [-0.4, -0.2) is 29.7 Å². The van der Waals surface area contributed by atoms with Crippen LogP contribution < -0.4 is 10.1 Å². The maximum atomic E-state index is 12.0. The van der Waals surface area contributed by atoms with Crippen molar-refractivity contribution < 1.29 is 14.6 Å². The number of aliphatic hydroxyl groups is 1. The number of carbonyl (C=O) groups is 1. The Balaban J connectivity index is 1.96. The number of carbonyl (C=O) groups excluding carboxylic acids is 1. The molecule has 0 unspecified atom stereocenters. The standard InChI is InChI=1S/C15H14N2O3S/c1-20-14-7-11(4-5-16-14)9-17-15(19)12-8-13(21-10-12)3-2-6-18/h4-5,7-8,10,18H,6,9H2,1H3,(H,17,19). The Bertz CT molecular complexity index is 685. The first-order valence-electron chi connectivity index (χ1n) is 6.18. The van der Waals surface area contributed by atoms with Gasteiger partial charge in [-0.2, -0.15) is 0 Å². The van der Waals surface area contributed by atoms with Crippen LogP contribution in [0.4, 0.5) is 0 Å². The van der Waals surface area contributed by atoms with E-state index in [1.165, 1.54) is 11.3 Å². The first-order chi connectivity index (χ1) is 10.2. The summed E-state index contributed by atoms with van der Waals surface area (Å²) in [6.07, 6.45) is 1.63. The monoisotopic (exact) mass is 302 g/mol.